The van der Waals surface area contributed by atoms with Crippen molar-refractivity contribution in [3.05, 3.63) is 10.6 Å². The molecule has 1 aromatic heterocycles. The maximum atomic E-state index is 11.5. The number of aromatic nitrogens is 1. The molecule has 0 aliphatic heterocycles. The molecule has 2 amide bonds. The number of aliphatic hydroxyl groups excluding tert-OH is 1. The lowest BCUT2D eigenvalue weighted by atomic mass is 10.2. The number of carbonyl (C=O) groups excluding carboxylic acids is 1. The molecule has 18 heavy (non-hydrogen) atoms. The number of aliphatic hydroxyl groups is 1. The van der Waals surface area contributed by atoms with Crippen molar-refractivity contribution >= 4 is 28.5 Å². The Balaban J connectivity index is 2.57. The third-order valence-corrected chi connectivity index (χ3v) is 3.26. The monoisotopic (exact) mass is 273 g/mol. The van der Waals surface area contributed by atoms with Gasteiger partial charge in [0.15, 0.2) is 5.13 Å². The summed E-state index contributed by atoms with van der Waals surface area (Å²) in [5.74, 6) is -1.19. The molecule has 7 nitrogen and oxygen atoms in total. The van der Waals surface area contributed by atoms with Crippen molar-refractivity contribution < 1.29 is 19.8 Å². The van der Waals surface area contributed by atoms with E-state index < -0.39 is 18.0 Å². The number of urea groups is 1. The molecule has 0 fully saturated rings. The molecule has 100 valence electrons. The minimum atomic E-state index is -1.19. The van der Waals surface area contributed by atoms with Gasteiger partial charge in [-0.15, -0.1) is 11.3 Å². The van der Waals surface area contributed by atoms with Gasteiger partial charge >= 0.3 is 12.0 Å². The van der Waals surface area contributed by atoms with Gasteiger partial charge in [0, 0.05) is 17.9 Å². The molecule has 0 aliphatic carbocycles. The summed E-state index contributed by atoms with van der Waals surface area (Å²) in [4.78, 5) is 27.4. The summed E-state index contributed by atoms with van der Waals surface area (Å²) in [6.45, 7) is 3.38. The van der Waals surface area contributed by atoms with Crippen LogP contribution in [0.2, 0.25) is 0 Å². The number of aryl methyl sites for hydroxylation is 2. The Morgan fingerprint density at radius 2 is 2.11 bits per heavy atom. The third-order valence-electron chi connectivity index (χ3n) is 2.27. The van der Waals surface area contributed by atoms with Crippen LogP contribution in [0, 0.1) is 13.8 Å². The van der Waals surface area contributed by atoms with E-state index >= 15 is 0 Å². The molecular weight excluding hydrogens is 258 g/mol. The average Bonchev–Trinajstić information content (AvgIpc) is 2.57. The SMILES string of the molecule is Cc1nc(NC(=O)N[C@@H](CCO)C(=O)O)sc1C. The van der Waals surface area contributed by atoms with Crippen LogP contribution in [0.25, 0.3) is 0 Å². The summed E-state index contributed by atoms with van der Waals surface area (Å²) in [6, 6.07) is -1.76. The van der Waals surface area contributed by atoms with E-state index in [1.165, 1.54) is 11.3 Å². The first-order valence-corrected chi connectivity index (χ1v) is 6.11. The lowest BCUT2D eigenvalue weighted by Crippen LogP contribution is -2.43. The normalized spacial score (nSPS) is 11.9. The van der Waals surface area contributed by atoms with Gasteiger partial charge in [-0.2, -0.15) is 0 Å². The fraction of sp³-hybridized carbons (Fsp3) is 0.500. The highest BCUT2D eigenvalue weighted by atomic mass is 32.1. The lowest BCUT2D eigenvalue weighted by molar-refractivity contribution is -0.139. The van der Waals surface area contributed by atoms with Crippen molar-refractivity contribution in [1.82, 2.24) is 10.3 Å². The van der Waals surface area contributed by atoms with Crippen molar-refractivity contribution in [2.24, 2.45) is 0 Å². The molecule has 4 N–H and O–H groups in total. The van der Waals surface area contributed by atoms with Crippen LogP contribution in [0.1, 0.15) is 17.0 Å². The maximum Gasteiger partial charge on any atom is 0.326 e. The molecule has 0 radical (unpaired) electrons. The van der Waals surface area contributed by atoms with Gasteiger partial charge in [0.05, 0.1) is 5.69 Å². The Kier molecular flexibility index (Phi) is 5.05. The predicted octanol–water partition coefficient (Wildman–Crippen LogP) is 0.717. The van der Waals surface area contributed by atoms with Crippen LogP contribution >= 0.6 is 11.3 Å². The quantitative estimate of drug-likeness (QED) is 0.631. The van der Waals surface area contributed by atoms with Gasteiger partial charge in [0.2, 0.25) is 0 Å². The average molecular weight is 273 g/mol. The fourth-order valence-corrected chi connectivity index (χ4v) is 2.01. The molecule has 0 saturated heterocycles. The van der Waals surface area contributed by atoms with Crippen LogP contribution < -0.4 is 10.6 Å². The Morgan fingerprint density at radius 3 is 2.56 bits per heavy atom. The molecule has 0 bridgehead atoms. The molecule has 0 spiro atoms. The van der Waals surface area contributed by atoms with Crippen molar-refractivity contribution in [2.45, 2.75) is 26.3 Å². The molecule has 1 heterocycles. The number of aliphatic carboxylic acids is 1. The van der Waals surface area contributed by atoms with Gasteiger partial charge in [-0.3, -0.25) is 5.32 Å². The van der Waals surface area contributed by atoms with Gasteiger partial charge in [-0.05, 0) is 13.8 Å². The lowest BCUT2D eigenvalue weighted by Gasteiger charge is -2.12. The zero-order valence-corrected chi connectivity index (χ0v) is 10.9. The standard InChI is InChI=1S/C10H15N3O4S/c1-5-6(2)18-10(11-5)13-9(17)12-7(3-4-14)8(15)16/h7,14H,3-4H2,1-2H3,(H,15,16)(H2,11,12,13,17)/t7-/m0/s1. The number of carboxylic acids is 1. The van der Waals surface area contributed by atoms with Crippen molar-refractivity contribution in [1.29, 1.82) is 0 Å². The van der Waals surface area contributed by atoms with Crippen LogP contribution in [0.3, 0.4) is 0 Å². The Morgan fingerprint density at radius 1 is 1.44 bits per heavy atom. The highest BCUT2D eigenvalue weighted by Crippen LogP contribution is 2.20. The highest BCUT2D eigenvalue weighted by Gasteiger charge is 2.19. The van der Waals surface area contributed by atoms with E-state index in [-0.39, 0.29) is 13.0 Å². The minimum absolute atomic E-state index is 0.0430. The molecule has 0 unspecified atom stereocenters. The Hall–Kier alpha value is -1.67. The smallest absolute Gasteiger partial charge is 0.326 e. The van der Waals surface area contributed by atoms with E-state index in [4.69, 9.17) is 10.2 Å². The second-order valence-electron chi connectivity index (χ2n) is 3.66. The fourth-order valence-electron chi connectivity index (χ4n) is 1.20. The summed E-state index contributed by atoms with van der Waals surface area (Å²) in [7, 11) is 0. The van der Waals surface area contributed by atoms with Gasteiger partial charge in [0.1, 0.15) is 6.04 Å². The molecule has 8 heteroatoms. The number of nitrogens with zero attached hydrogens (tertiary/aromatic N) is 1. The van der Waals surface area contributed by atoms with E-state index in [9.17, 15) is 9.59 Å². The number of rotatable bonds is 5. The molecule has 1 aromatic rings. The van der Waals surface area contributed by atoms with Gasteiger partial charge < -0.3 is 15.5 Å². The molecule has 0 saturated carbocycles. The first kappa shape index (κ1) is 14.4. The summed E-state index contributed by atoms with van der Waals surface area (Å²) in [5, 5.41) is 22.6. The Labute approximate surface area is 108 Å². The van der Waals surface area contributed by atoms with Crippen molar-refractivity contribution in [3.63, 3.8) is 0 Å². The number of amides is 2. The second kappa shape index (κ2) is 6.31. The molecule has 0 aromatic carbocycles. The van der Waals surface area contributed by atoms with Crippen molar-refractivity contribution in [2.75, 3.05) is 11.9 Å². The van der Waals surface area contributed by atoms with E-state index in [2.05, 4.69) is 15.6 Å². The third kappa shape index (κ3) is 3.97. The molecule has 0 aliphatic rings. The number of thiazole rings is 1. The zero-order valence-electron chi connectivity index (χ0n) is 10.1. The largest absolute Gasteiger partial charge is 0.480 e. The summed E-state index contributed by atoms with van der Waals surface area (Å²) >= 11 is 1.31. The van der Waals surface area contributed by atoms with Crippen LogP contribution in [0.5, 0.6) is 0 Å². The number of hydrogen-bond donors (Lipinski definition) is 4. The van der Waals surface area contributed by atoms with Gasteiger partial charge in [0.25, 0.3) is 0 Å². The summed E-state index contributed by atoms with van der Waals surface area (Å²) < 4.78 is 0. The van der Waals surface area contributed by atoms with Gasteiger partial charge in [-0.1, -0.05) is 0 Å². The van der Waals surface area contributed by atoms with Gasteiger partial charge in [-0.25, -0.2) is 14.6 Å². The molecular formula is C10H15N3O4S. The number of hydrogen-bond acceptors (Lipinski definition) is 5. The number of anilines is 1. The van der Waals surface area contributed by atoms with Crippen molar-refractivity contribution in [3.8, 4) is 0 Å². The predicted molar refractivity (Wildman–Crippen MR) is 66.9 cm³/mol. The summed E-state index contributed by atoms with van der Waals surface area (Å²) in [5.41, 5.74) is 0.820. The van der Waals surface area contributed by atoms with E-state index in [0.717, 1.165) is 10.6 Å². The zero-order chi connectivity index (χ0) is 13.7. The van der Waals surface area contributed by atoms with E-state index in [0.29, 0.717) is 5.13 Å². The van der Waals surface area contributed by atoms with E-state index in [1.54, 1.807) is 0 Å². The highest BCUT2D eigenvalue weighted by molar-refractivity contribution is 7.15. The summed E-state index contributed by atoms with van der Waals surface area (Å²) in [6.07, 6.45) is -0.0430. The van der Waals surface area contributed by atoms with E-state index in [1.807, 2.05) is 13.8 Å². The maximum absolute atomic E-state index is 11.5. The number of nitrogens with one attached hydrogen (secondary N) is 2. The topological polar surface area (TPSA) is 112 Å². The number of carbonyl (C=O) groups is 2. The second-order valence-corrected chi connectivity index (χ2v) is 4.87. The first-order chi connectivity index (χ1) is 8.43. The van der Waals surface area contributed by atoms with Crippen LogP contribution in [-0.4, -0.2) is 39.8 Å². The molecule has 1 rings (SSSR count). The number of carboxylic acid groups (broad SMARTS) is 1. The van der Waals surface area contributed by atoms with Crippen LogP contribution in [0.15, 0.2) is 0 Å². The van der Waals surface area contributed by atoms with Crippen LogP contribution in [0.4, 0.5) is 9.93 Å². The van der Waals surface area contributed by atoms with Crippen LogP contribution in [-0.2, 0) is 4.79 Å². The molecule has 1 atom stereocenters. The Bertz CT molecular complexity index is 427. The minimum Gasteiger partial charge on any atom is -0.480 e. The first-order valence-electron chi connectivity index (χ1n) is 5.29.